The van der Waals surface area contributed by atoms with E-state index in [1.807, 2.05) is 0 Å². The van der Waals surface area contributed by atoms with E-state index in [9.17, 15) is 0 Å². The van der Waals surface area contributed by atoms with Gasteiger partial charge in [0.25, 0.3) is 0 Å². The minimum Gasteiger partial charge on any atom is -0.375 e. The molecular weight excluding hydrogens is 212 g/mol. The SMILES string of the molecule is CCC1(C)CN(CCOC(C)(C)C)C(C)CN1. The molecule has 0 aromatic rings. The predicted octanol–water partition coefficient (Wildman–Crippen LogP) is 2.26. The van der Waals surface area contributed by atoms with Gasteiger partial charge in [-0.15, -0.1) is 0 Å². The standard InChI is InChI=1S/C14H30N2O/c1-7-14(6)11-16(12(2)10-15-14)8-9-17-13(3,4)5/h12,15H,7-11H2,1-6H3. The van der Waals surface area contributed by atoms with E-state index in [4.69, 9.17) is 4.74 Å². The third-order valence-corrected chi connectivity index (χ3v) is 3.69. The monoisotopic (exact) mass is 242 g/mol. The van der Waals surface area contributed by atoms with Crippen LogP contribution in [0.2, 0.25) is 0 Å². The summed E-state index contributed by atoms with van der Waals surface area (Å²) in [5, 5.41) is 3.65. The zero-order chi connectivity index (χ0) is 13.1. The van der Waals surface area contributed by atoms with E-state index >= 15 is 0 Å². The second kappa shape index (κ2) is 5.68. The van der Waals surface area contributed by atoms with Gasteiger partial charge in [-0.1, -0.05) is 6.92 Å². The Bertz CT molecular complexity index is 237. The summed E-state index contributed by atoms with van der Waals surface area (Å²) in [7, 11) is 0. The lowest BCUT2D eigenvalue weighted by atomic mass is 9.94. The van der Waals surface area contributed by atoms with Crippen LogP contribution in [0.3, 0.4) is 0 Å². The van der Waals surface area contributed by atoms with Crippen molar-refractivity contribution in [1.82, 2.24) is 10.2 Å². The highest BCUT2D eigenvalue weighted by Gasteiger charge is 2.32. The van der Waals surface area contributed by atoms with Crippen LogP contribution in [0.25, 0.3) is 0 Å². The van der Waals surface area contributed by atoms with Gasteiger partial charge in [0.1, 0.15) is 0 Å². The topological polar surface area (TPSA) is 24.5 Å². The van der Waals surface area contributed by atoms with E-state index in [-0.39, 0.29) is 11.1 Å². The number of rotatable bonds is 4. The molecule has 2 unspecified atom stereocenters. The average molecular weight is 242 g/mol. The number of hydrogen-bond donors (Lipinski definition) is 1. The van der Waals surface area contributed by atoms with Crippen LogP contribution in [0.1, 0.15) is 48.0 Å². The van der Waals surface area contributed by atoms with Gasteiger partial charge in [0, 0.05) is 31.2 Å². The molecule has 0 bridgehead atoms. The maximum absolute atomic E-state index is 5.82. The Hall–Kier alpha value is -0.120. The fourth-order valence-electron chi connectivity index (χ4n) is 2.19. The molecule has 2 atom stereocenters. The lowest BCUT2D eigenvalue weighted by molar-refractivity contribution is -0.0253. The highest BCUT2D eigenvalue weighted by atomic mass is 16.5. The summed E-state index contributed by atoms with van der Waals surface area (Å²) < 4.78 is 5.82. The summed E-state index contributed by atoms with van der Waals surface area (Å²) in [4.78, 5) is 2.55. The van der Waals surface area contributed by atoms with Crippen molar-refractivity contribution >= 4 is 0 Å². The molecular formula is C14H30N2O. The molecule has 0 amide bonds. The van der Waals surface area contributed by atoms with E-state index in [0.717, 1.165) is 26.2 Å². The van der Waals surface area contributed by atoms with Crippen LogP contribution in [0.15, 0.2) is 0 Å². The first kappa shape index (κ1) is 14.9. The Kier molecular flexibility index (Phi) is 4.99. The summed E-state index contributed by atoms with van der Waals surface area (Å²) in [6.45, 7) is 17.3. The van der Waals surface area contributed by atoms with Crippen molar-refractivity contribution in [2.75, 3.05) is 26.2 Å². The Morgan fingerprint density at radius 2 is 2.06 bits per heavy atom. The largest absolute Gasteiger partial charge is 0.375 e. The highest BCUT2D eigenvalue weighted by Crippen LogP contribution is 2.18. The molecule has 102 valence electrons. The second-order valence-electron chi connectivity index (χ2n) is 6.58. The van der Waals surface area contributed by atoms with Gasteiger partial charge in [-0.05, 0) is 41.0 Å². The van der Waals surface area contributed by atoms with E-state index in [1.165, 1.54) is 6.42 Å². The molecule has 3 heteroatoms. The molecule has 1 saturated heterocycles. The summed E-state index contributed by atoms with van der Waals surface area (Å²) in [6.07, 6.45) is 1.18. The summed E-state index contributed by atoms with van der Waals surface area (Å²) in [6, 6.07) is 0.609. The van der Waals surface area contributed by atoms with E-state index in [1.54, 1.807) is 0 Å². The number of hydrogen-bond acceptors (Lipinski definition) is 3. The van der Waals surface area contributed by atoms with Crippen LogP contribution < -0.4 is 5.32 Å². The normalized spacial score (nSPS) is 31.8. The van der Waals surface area contributed by atoms with Gasteiger partial charge in [0.05, 0.1) is 12.2 Å². The quantitative estimate of drug-likeness (QED) is 0.818. The summed E-state index contributed by atoms with van der Waals surface area (Å²) in [5.74, 6) is 0. The minimum atomic E-state index is -0.0225. The van der Waals surface area contributed by atoms with Crippen LogP contribution in [0, 0.1) is 0 Å². The summed E-state index contributed by atoms with van der Waals surface area (Å²) in [5.41, 5.74) is 0.250. The Labute approximate surface area is 107 Å². The molecule has 1 fully saturated rings. The molecule has 0 aromatic heterocycles. The lowest BCUT2D eigenvalue weighted by Crippen LogP contribution is -2.62. The smallest absolute Gasteiger partial charge is 0.0600 e. The van der Waals surface area contributed by atoms with Gasteiger partial charge >= 0.3 is 0 Å². The highest BCUT2D eigenvalue weighted by molar-refractivity contribution is 4.92. The Morgan fingerprint density at radius 3 is 2.59 bits per heavy atom. The van der Waals surface area contributed by atoms with Crippen molar-refractivity contribution in [3.05, 3.63) is 0 Å². The molecule has 1 aliphatic heterocycles. The van der Waals surface area contributed by atoms with Crippen LogP contribution in [-0.4, -0.2) is 48.3 Å². The van der Waals surface area contributed by atoms with E-state index in [2.05, 4.69) is 51.8 Å². The molecule has 1 aliphatic rings. The Morgan fingerprint density at radius 1 is 1.41 bits per heavy atom. The number of ether oxygens (including phenoxy) is 1. The van der Waals surface area contributed by atoms with Gasteiger partial charge in [0.15, 0.2) is 0 Å². The first-order chi connectivity index (χ1) is 7.76. The second-order valence-corrected chi connectivity index (χ2v) is 6.58. The zero-order valence-corrected chi connectivity index (χ0v) is 12.5. The number of nitrogens with zero attached hydrogens (tertiary/aromatic N) is 1. The first-order valence-corrected chi connectivity index (χ1v) is 6.89. The molecule has 3 nitrogen and oxygen atoms in total. The van der Waals surface area contributed by atoms with Gasteiger partial charge in [-0.3, -0.25) is 4.90 Å². The van der Waals surface area contributed by atoms with Crippen molar-refractivity contribution < 1.29 is 4.74 Å². The van der Waals surface area contributed by atoms with Crippen molar-refractivity contribution in [1.29, 1.82) is 0 Å². The van der Waals surface area contributed by atoms with Gasteiger partial charge < -0.3 is 10.1 Å². The van der Waals surface area contributed by atoms with Crippen LogP contribution in [0.5, 0.6) is 0 Å². The fourth-order valence-corrected chi connectivity index (χ4v) is 2.19. The molecule has 0 aliphatic carbocycles. The maximum Gasteiger partial charge on any atom is 0.0600 e. The van der Waals surface area contributed by atoms with Crippen molar-refractivity contribution in [3.63, 3.8) is 0 Å². The fraction of sp³-hybridized carbons (Fsp3) is 1.00. The minimum absolute atomic E-state index is 0.0225. The molecule has 17 heavy (non-hydrogen) atoms. The Balaban J connectivity index is 2.40. The lowest BCUT2D eigenvalue weighted by Gasteiger charge is -2.45. The van der Waals surface area contributed by atoms with Crippen molar-refractivity contribution in [2.45, 2.75) is 65.1 Å². The van der Waals surface area contributed by atoms with E-state index in [0.29, 0.717) is 6.04 Å². The van der Waals surface area contributed by atoms with Crippen LogP contribution >= 0.6 is 0 Å². The van der Waals surface area contributed by atoms with Crippen molar-refractivity contribution in [2.24, 2.45) is 0 Å². The van der Waals surface area contributed by atoms with Gasteiger partial charge in [-0.25, -0.2) is 0 Å². The molecule has 1 N–H and O–H groups in total. The molecule has 0 radical (unpaired) electrons. The third kappa shape index (κ3) is 4.94. The third-order valence-electron chi connectivity index (χ3n) is 3.69. The molecule has 0 saturated carbocycles. The number of piperazine rings is 1. The first-order valence-electron chi connectivity index (χ1n) is 6.89. The average Bonchev–Trinajstić information content (AvgIpc) is 2.22. The molecule has 1 heterocycles. The molecule has 0 aromatic carbocycles. The van der Waals surface area contributed by atoms with Crippen LogP contribution in [0.4, 0.5) is 0 Å². The van der Waals surface area contributed by atoms with Gasteiger partial charge in [-0.2, -0.15) is 0 Å². The number of nitrogens with one attached hydrogen (secondary N) is 1. The maximum atomic E-state index is 5.82. The van der Waals surface area contributed by atoms with E-state index < -0.39 is 0 Å². The van der Waals surface area contributed by atoms with Gasteiger partial charge in [0.2, 0.25) is 0 Å². The zero-order valence-electron chi connectivity index (χ0n) is 12.5. The molecule has 0 spiro atoms. The van der Waals surface area contributed by atoms with Crippen LogP contribution in [-0.2, 0) is 4.74 Å². The molecule has 1 rings (SSSR count). The summed E-state index contributed by atoms with van der Waals surface area (Å²) >= 11 is 0. The predicted molar refractivity (Wildman–Crippen MR) is 73.4 cm³/mol. The van der Waals surface area contributed by atoms with Crippen molar-refractivity contribution in [3.8, 4) is 0 Å².